The molecule has 1 heterocycles. The van der Waals surface area contributed by atoms with Crippen LogP contribution in [0.4, 0.5) is 5.69 Å². The van der Waals surface area contributed by atoms with Gasteiger partial charge in [0.15, 0.2) is 11.6 Å². The minimum atomic E-state index is -0.433. The maximum absolute atomic E-state index is 12.7. The van der Waals surface area contributed by atoms with Gasteiger partial charge in [-0.2, -0.15) is 0 Å². The molecule has 4 aromatic rings. The van der Waals surface area contributed by atoms with Crippen LogP contribution in [0.15, 0.2) is 72.8 Å². The van der Waals surface area contributed by atoms with E-state index in [9.17, 15) is 19.7 Å². The van der Waals surface area contributed by atoms with Gasteiger partial charge in [0.2, 0.25) is 0 Å². The molecule has 3 aromatic carbocycles. The number of hydrogen-bond donors (Lipinski definition) is 0. The number of nitro groups is 1. The second kappa shape index (κ2) is 6.24. The standard InChI is InChI=1S/C23H14N2O4/c26-20-11-12-21(27)22-18(20)10-9-17-16-3-1-2-4-19(16)24(23(17)22)13-14-5-7-15(8-6-14)25(28)29/h1-12H,13H2. The fourth-order valence-corrected chi connectivity index (χ4v) is 4.00. The number of nitro benzene ring substituents is 1. The molecular formula is C23H14N2O4. The summed E-state index contributed by atoms with van der Waals surface area (Å²) in [6.07, 6.45) is 2.62. The first-order chi connectivity index (χ1) is 14.0. The van der Waals surface area contributed by atoms with Crippen molar-refractivity contribution in [3.63, 3.8) is 0 Å². The third-order valence-electron chi connectivity index (χ3n) is 5.32. The number of allylic oxidation sites excluding steroid dienone is 2. The van der Waals surface area contributed by atoms with Crippen LogP contribution in [0.3, 0.4) is 0 Å². The van der Waals surface area contributed by atoms with Crippen molar-refractivity contribution in [2.75, 3.05) is 0 Å². The van der Waals surface area contributed by atoms with Gasteiger partial charge in [0.25, 0.3) is 5.69 Å². The van der Waals surface area contributed by atoms with Gasteiger partial charge < -0.3 is 4.57 Å². The van der Waals surface area contributed by atoms with Gasteiger partial charge in [-0.25, -0.2) is 0 Å². The van der Waals surface area contributed by atoms with Gasteiger partial charge in [0.05, 0.1) is 16.0 Å². The number of ketones is 2. The first-order valence-electron chi connectivity index (χ1n) is 9.08. The number of carbonyl (C=O) groups excluding carboxylic acids is 2. The maximum atomic E-state index is 12.7. The lowest BCUT2D eigenvalue weighted by molar-refractivity contribution is -0.384. The highest BCUT2D eigenvalue weighted by Gasteiger charge is 2.25. The van der Waals surface area contributed by atoms with Crippen molar-refractivity contribution in [1.29, 1.82) is 0 Å². The molecule has 0 amide bonds. The van der Waals surface area contributed by atoms with Crippen molar-refractivity contribution >= 4 is 39.1 Å². The Bertz CT molecular complexity index is 1380. The highest BCUT2D eigenvalue weighted by Crippen LogP contribution is 2.35. The third-order valence-corrected chi connectivity index (χ3v) is 5.32. The normalized spacial score (nSPS) is 13.2. The molecule has 0 fully saturated rings. The van der Waals surface area contributed by atoms with E-state index < -0.39 is 4.92 Å². The van der Waals surface area contributed by atoms with E-state index >= 15 is 0 Å². The van der Waals surface area contributed by atoms with Crippen LogP contribution in [0.2, 0.25) is 0 Å². The number of hydrogen-bond acceptors (Lipinski definition) is 4. The van der Waals surface area contributed by atoms with Crippen LogP contribution in [0.25, 0.3) is 21.8 Å². The van der Waals surface area contributed by atoms with Gasteiger partial charge in [-0.1, -0.05) is 36.4 Å². The third kappa shape index (κ3) is 2.57. The van der Waals surface area contributed by atoms with E-state index in [4.69, 9.17) is 0 Å². The van der Waals surface area contributed by atoms with Crippen LogP contribution in [0.5, 0.6) is 0 Å². The highest BCUT2D eigenvalue weighted by atomic mass is 16.6. The monoisotopic (exact) mass is 382 g/mol. The number of benzene rings is 3. The van der Waals surface area contributed by atoms with E-state index in [0.717, 1.165) is 21.9 Å². The Balaban J connectivity index is 1.79. The molecule has 1 aliphatic carbocycles. The van der Waals surface area contributed by atoms with Gasteiger partial charge in [-0.15, -0.1) is 0 Å². The van der Waals surface area contributed by atoms with Gasteiger partial charge >= 0.3 is 0 Å². The van der Waals surface area contributed by atoms with Crippen molar-refractivity contribution in [2.24, 2.45) is 0 Å². The summed E-state index contributed by atoms with van der Waals surface area (Å²) in [4.78, 5) is 35.6. The van der Waals surface area contributed by atoms with Crippen LogP contribution in [-0.2, 0) is 6.54 Å². The summed E-state index contributed by atoms with van der Waals surface area (Å²) >= 11 is 0. The Labute approximate surface area is 164 Å². The Morgan fingerprint density at radius 2 is 1.55 bits per heavy atom. The van der Waals surface area contributed by atoms with Crippen LogP contribution in [0, 0.1) is 10.1 Å². The number of para-hydroxylation sites is 1. The second-order valence-electron chi connectivity index (χ2n) is 6.97. The van der Waals surface area contributed by atoms with Crippen molar-refractivity contribution in [3.05, 3.63) is 99.6 Å². The summed E-state index contributed by atoms with van der Waals surface area (Å²) in [5, 5.41) is 12.8. The van der Waals surface area contributed by atoms with E-state index in [1.54, 1.807) is 18.2 Å². The Hall–Kier alpha value is -4.06. The lowest BCUT2D eigenvalue weighted by Gasteiger charge is -2.14. The fourth-order valence-electron chi connectivity index (χ4n) is 4.00. The van der Waals surface area contributed by atoms with E-state index in [-0.39, 0.29) is 17.3 Å². The Kier molecular flexibility index (Phi) is 3.67. The first-order valence-corrected chi connectivity index (χ1v) is 9.08. The maximum Gasteiger partial charge on any atom is 0.269 e. The molecule has 0 radical (unpaired) electrons. The van der Waals surface area contributed by atoms with Crippen LogP contribution in [-0.4, -0.2) is 21.1 Å². The molecule has 0 saturated carbocycles. The predicted octanol–water partition coefficient (Wildman–Crippen LogP) is 4.69. The molecule has 6 nitrogen and oxygen atoms in total. The topological polar surface area (TPSA) is 82.2 Å². The summed E-state index contributed by atoms with van der Waals surface area (Å²) in [7, 11) is 0. The molecule has 0 spiro atoms. The number of fused-ring (bicyclic) bond motifs is 5. The lowest BCUT2D eigenvalue weighted by Crippen LogP contribution is -2.14. The molecule has 6 heteroatoms. The van der Waals surface area contributed by atoms with Crippen molar-refractivity contribution in [3.8, 4) is 0 Å². The number of aromatic nitrogens is 1. The minimum Gasteiger partial charge on any atom is -0.335 e. The number of nitrogens with zero attached hydrogens (tertiary/aromatic N) is 2. The fraction of sp³-hybridized carbons (Fsp3) is 0.0435. The van der Waals surface area contributed by atoms with Gasteiger partial charge in [0.1, 0.15) is 0 Å². The van der Waals surface area contributed by atoms with Crippen LogP contribution < -0.4 is 0 Å². The number of non-ortho nitro benzene ring substituents is 1. The molecule has 5 rings (SSSR count). The highest BCUT2D eigenvalue weighted by molar-refractivity contribution is 6.28. The van der Waals surface area contributed by atoms with Crippen molar-refractivity contribution in [1.82, 2.24) is 4.57 Å². The zero-order valence-corrected chi connectivity index (χ0v) is 15.2. The predicted molar refractivity (Wildman–Crippen MR) is 109 cm³/mol. The van der Waals surface area contributed by atoms with E-state index in [1.165, 1.54) is 24.3 Å². The van der Waals surface area contributed by atoms with E-state index in [0.29, 0.717) is 23.2 Å². The van der Waals surface area contributed by atoms with Gasteiger partial charge in [-0.3, -0.25) is 19.7 Å². The molecule has 140 valence electrons. The SMILES string of the molecule is O=C1C=CC(=O)c2c1ccc1c3ccccc3n(Cc3ccc([N+](=O)[O-])cc3)c21. The largest absolute Gasteiger partial charge is 0.335 e. The summed E-state index contributed by atoms with van der Waals surface area (Å²) in [5.74, 6) is -0.383. The van der Waals surface area contributed by atoms with E-state index in [1.807, 2.05) is 34.9 Å². The second-order valence-corrected chi connectivity index (χ2v) is 6.97. The molecule has 0 aliphatic heterocycles. The average Bonchev–Trinajstić information content (AvgIpc) is 3.05. The summed E-state index contributed by atoms with van der Waals surface area (Å²) in [6.45, 7) is 0.420. The average molecular weight is 382 g/mol. The first kappa shape index (κ1) is 17.1. The van der Waals surface area contributed by atoms with Crippen molar-refractivity contribution < 1.29 is 14.5 Å². The zero-order chi connectivity index (χ0) is 20.1. The smallest absolute Gasteiger partial charge is 0.269 e. The molecule has 29 heavy (non-hydrogen) atoms. The number of carbonyl (C=O) groups is 2. The molecule has 1 aromatic heterocycles. The lowest BCUT2D eigenvalue weighted by atomic mass is 9.92. The molecule has 0 atom stereocenters. The molecule has 0 bridgehead atoms. The molecule has 0 N–H and O–H groups in total. The molecular weight excluding hydrogens is 368 g/mol. The Morgan fingerprint density at radius 3 is 2.31 bits per heavy atom. The summed E-state index contributed by atoms with van der Waals surface area (Å²) in [6, 6.07) is 17.8. The summed E-state index contributed by atoms with van der Waals surface area (Å²) < 4.78 is 2.01. The van der Waals surface area contributed by atoms with Crippen LogP contribution in [0.1, 0.15) is 26.3 Å². The molecule has 0 saturated heterocycles. The number of rotatable bonds is 3. The quantitative estimate of drug-likeness (QED) is 0.380. The Morgan fingerprint density at radius 1 is 0.828 bits per heavy atom. The van der Waals surface area contributed by atoms with Crippen molar-refractivity contribution in [2.45, 2.75) is 6.54 Å². The van der Waals surface area contributed by atoms with Gasteiger partial charge in [-0.05, 0) is 29.8 Å². The summed E-state index contributed by atoms with van der Waals surface area (Å²) in [5.41, 5.74) is 3.35. The zero-order valence-electron chi connectivity index (χ0n) is 15.2. The van der Waals surface area contributed by atoms with Gasteiger partial charge in [0, 0.05) is 40.5 Å². The minimum absolute atomic E-state index is 0.0271. The molecule has 1 aliphatic rings. The molecule has 0 unspecified atom stereocenters. The van der Waals surface area contributed by atoms with Crippen LogP contribution >= 0.6 is 0 Å². The van der Waals surface area contributed by atoms with E-state index in [2.05, 4.69) is 0 Å².